The van der Waals surface area contributed by atoms with Crippen LogP contribution in [0.1, 0.15) is 17.9 Å². The summed E-state index contributed by atoms with van der Waals surface area (Å²) in [5.41, 5.74) is 0.657. The SMILES string of the molecule is COC(=O)CNC(=O)C1C[C@@H](c2ccccc2)[C@H]([N+](=O)[O-])COC(=O)CN1. The molecule has 0 aliphatic carbocycles. The van der Waals surface area contributed by atoms with Crippen molar-refractivity contribution >= 4 is 17.8 Å². The van der Waals surface area contributed by atoms with E-state index in [-0.39, 0.29) is 26.1 Å². The Morgan fingerprint density at radius 1 is 1.37 bits per heavy atom. The molecule has 0 aromatic heterocycles. The van der Waals surface area contributed by atoms with Gasteiger partial charge in [-0.05, 0) is 12.0 Å². The maximum absolute atomic E-state index is 12.5. The van der Waals surface area contributed by atoms with Crippen molar-refractivity contribution in [2.24, 2.45) is 0 Å². The molecule has 1 heterocycles. The Kier molecular flexibility index (Phi) is 7.24. The van der Waals surface area contributed by atoms with Crippen LogP contribution in [0.2, 0.25) is 0 Å². The molecule has 0 radical (unpaired) electrons. The number of methoxy groups -OCH3 is 1. The number of carbonyl (C=O) groups is 3. The average molecular weight is 379 g/mol. The second-order valence-electron chi connectivity index (χ2n) is 6.02. The molecular formula is C17H21N3O7. The van der Waals surface area contributed by atoms with Gasteiger partial charge >= 0.3 is 11.9 Å². The predicted molar refractivity (Wildman–Crippen MR) is 92.4 cm³/mol. The predicted octanol–water partition coefficient (Wildman–Crippen LogP) is -0.390. The zero-order valence-electron chi connectivity index (χ0n) is 14.8. The highest BCUT2D eigenvalue weighted by Gasteiger charge is 2.38. The Hall–Kier alpha value is -3.01. The van der Waals surface area contributed by atoms with Gasteiger partial charge in [0, 0.05) is 4.92 Å². The van der Waals surface area contributed by atoms with Gasteiger partial charge in [-0.15, -0.1) is 0 Å². The van der Waals surface area contributed by atoms with E-state index >= 15 is 0 Å². The van der Waals surface area contributed by atoms with Crippen molar-refractivity contribution in [1.82, 2.24) is 10.6 Å². The number of rotatable bonds is 5. The fraction of sp³-hybridized carbons (Fsp3) is 0.471. The number of carbonyl (C=O) groups excluding carboxylic acids is 3. The summed E-state index contributed by atoms with van der Waals surface area (Å²) in [6.07, 6.45) is 0.0549. The lowest BCUT2D eigenvalue weighted by Crippen LogP contribution is -2.48. The molecule has 0 saturated carbocycles. The first-order chi connectivity index (χ1) is 12.9. The number of nitrogens with one attached hydrogen (secondary N) is 2. The molecule has 3 atom stereocenters. The summed E-state index contributed by atoms with van der Waals surface area (Å²) in [6, 6.07) is 6.59. The van der Waals surface area contributed by atoms with Gasteiger partial charge in [0.15, 0.2) is 6.61 Å². The molecule has 2 rings (SSSR count). The minimum Gasteiger partial charge on any atom is -0.468 e. The first-order valence-electron chi connectivity index (χ1n) is 8.34. The van der Waals surface area contributed by atoms with Gasteiger partial charge < -0.3 is 14.8 Å². The number of nitrogens with zero attached hydrogens (tertiary/aromatic N) is 1. The lowest BCUT2D eigenvalue weighted by atomic mass is 9.86. The monoisotopic (exact) mass is 379 g/mol. The molecule has 27 heavy (non-hydrogen) atoms. The van der Waals surface area contributed by atoms with E-state index in [1.54, 1.807) is 30.3 Å². The van der Waals surface area contributed by atoms with Crippen LogP contribution in [0.25, 0.3) is 0 Å². The third kappa shape index (κ3) is 5.74. The van der Waals surface area contributed by atoms with Gasteiger partial charge in [-0.1, -0.05) is 30.3 Å². The summed E-state index contributed by atoms with van der Waals surface area (Å²) in [7, 11) is 1.19. The van der Waals surface area contributed by atoms with Crippen molar-refractivity contribution in [3.63, 3.8) is 0 Å². The van der Waals surface area contributed by atoms with Crippen LogP contribution < -0.4 is 10.6 Å². The standard InChI is InChI=1S/C17H21N3O7/c1-26-15(21)8-19-17(23)13-7-12(11-5-3-2-4-6-11)14(20(24)25)10-27-16(22)9-18-13/h2-6,12-14,18H,7-10H2,1H3,(H,19,23)/t12-,13?,14+/m0/s1. The van der Waals surface area contributed by atoms with E-state index in [1.165, 1.54) is 7.11 Å². The summed E-state index contributed by atoms with van der Waals surface area (Å²) in [4.78, 5) is 46.5. The zero-order chi connectivity index (χ0) is 19.8. The maximum Gasteiger partial charge on any atom is 0.325 e. The Bertz CT molecular complexity index is 695. The third-order valence-electron chi connectivity index (χ3n) is 4.31. The molecule has 0 bridgehead atoms. The van der Waals surface area contributed by atoms with E-state index in [4.69, 9.17) is 4.74 Å². The molecular weight excluding hydrogens is 358 g/mol. The first kappa shape index (κ1) is 20.3. The summed E-state index contributed by atoms with van der Waals surface area (Å²) in [6.45, 7) is -1.00. The quantitative estimate of drug-likeness (QED) is 0.401. The number of benzene rings is 1. The van der Waals surface area contributed by atoms with Crippen molar-refractivity contribution < 1.29 is 28.8 Å². The van der Waals surface area contributed by atoms with Crippen LogP contribution >= 0.6 is 0 Å². The van der Waals surface area contributed by atoms with E-state index in [1.807, 2.05) is 0 Å². The van der Waals surface area contributed by atoms with E-state index in [0.717, 1.165) is 0 Å². The van der Waals surface area contributed by atoms with Gasteiger partial charge in [0.25, 0.3) is 6.04 Å². The molecule has 1 aliphatic rings. The molecule has 1 unspecified atom stereocenters. The fourth-order valence-electron chi connectivity index (χ4n) is 2.87. The minimum absolute atomic E-state index is 0.0549. The Morgan fingerprint density at radius 2 is 2.07 bits per heavy atom. The van der Waals surface area contributed by atoms with Crippen molar-refractivity contribution in [2.45, 2.75) is 24.4 Å². The highest BCUT2D eigenvalue weighted by Crippen LogP contribution is 2.28. The number of amides is 1. The van der Waals surface area contributed by atoms with Crippen molar-refractivity contribution in [2.75, 3.05) is 26.8 Å². The van der Waals surface area contributed by atoms with E-state index in [0.29, 0.717) is 5.56 Å². The topological polar surface area (TPSA) is 137 Å². The van der Waals surface area contributed by atoms with Crippen LogP contribution in [0.5, 0.6) is 0 Å². The van der Waals surface area contributed by atoms with Gasteiger partial charge in [0.2, 0.25) is 5.91 Å². The van der Waals surface area contributed by atoms with E-state index in [9.17, 15) is 24.5 Å². The van der Waals surface area contributed by atoms with Crippen LogP contribution in [0.4, 0.5) is 0 Å². The van der Waals surface area contributed by atoms with Crippen molar-refractivity contribution in [1.29, 1.82) is 0 Å². The van der Waals surface area contributed by atoms with Gasteiger partial charge in [-0.2, -0.15) is 0 Å². The molecule has 146 valence electrons. The van der Waals surface area contributed by atoms with Gasteiger partial charge in [0.1, 0.15) is 6.54 Å². The highest BCUT2D eigenvalue weighted by molar-refractivity contribution is 5.86. The van der Waals surface area contributed by atoms with Gasteiger partial charge in [-0.3, -0.25) is 29.8 Å². The molecule has 1 aromatic carbocycles. The largest absolute Gasteiger partial charge is 0.468 e. The molecule has 1 aliphatic heterocycles. The van der Waals surface area contributed by atoms with E-state index < -0.39 is 40.8 Å². The molecule has 1 fully saturated rings. The molecule has 10 heteroatoms. The maximum atomic E-state index is 12.5. The number of nitro groups is 1. The molecule has 2 N–H and O–H groups in total. The Labute approximate surface area is 155 Å². The molecule has 0 spiro atoms. The summed E-state index contributed by atoms with van der Waals surface area (Å²) >= 11 is 0. The Balaban J connectivity index is 2.28. The van der Waals surface area contributed by atoms with Crippen LogP contribution in [-0.4, -0.2) is 61.7 Å². The van der Waals surface area contributed by atoms with Gasteiger partial charge in [0.05, 0.1) is 25.6 Å². The van der Waals surface area contributed by atoms with Crippen LogP contribution in [-0.2, 0) is 23.9 Å². The number of cyclic esters (lactones) is 1. The molecule has 1 aromatic rings. The minimum atomic E-state index is -1.20. The van der Waals surface area contributed by atoms with Crippen molar-refractivity contribution in [3.8, 4) is 0 Å². The number of hydrogen-bond donors (Lipinski definition) is 2. The normalized spacial score (nSPS) is 23.1. The van der Waals surface area contributed by atoms with Crippen LogP contribution in [0.3, 0.4) is 0 Å². The fourth-order valence-corrected chi connectivity index (χ4v) is 2.87. The molecule has 1 saturated heterocycles. The second kappa shape index (κ2) is 9.62. The van der Waals surface area contributed by atoms with Crippen molar-refractivity contribution in [3.05, 3.63) is 46.0 Å². The second-order valence-corrected chi connectivity index (χ2v) is 6.02. The summed E-state index contributed by atoms with van der Waals surface area (Å²) in [5.74, 6) is -2.55. The molecule has 1 amide bonds. The lowest BCUT2D eigenvalue weighted by molar-refractivity contribution is -0.530. The number of hydrogen-bond acceptors (Lipinski definition) is 8. The number of esters is 2. The summed E-state index contributed by atoms with van der Waals surface area (Å²) < 4.78 is 9.45. The smallest absolute Gasteiger partial charge is 0.325 e. The summed E-state index contributed by atoms with van der Waals surface area (Å²) in [5, 5.41) is 16.7. The third-order valence-corrected chi connectivity index (χ3v) is 4.31. The first-order valence-corrected chi connectivity index (χ1v) is 8.34. The van der Waals surface area contributed by atoms with Crippen LogP contribution in [0, 0.1) is 10.1 Å². The van der Waals surface area contributed by atoms with E-state index in [2.05, 4.69) is 15.4 Å². The number of ether oxygens (including phenoxy) is 2. The Morgan fingerprint density at radius 3 is 2.70 bits per heavy atom. The highest BCUT2D eigenvalue weighted by atomic mass is 16.6. The van der Waals surface area contributed by atoms with Crippen LogP contribution in [0.15, 0.2) is 30.3 Å². The molecule has 10 nitrogen and oxygen atoms in total. The zero-order valence-corrected chi connectivity index (χ0v) is 14.8. The lowest BCUT2D eigenvalue weighted by Gasteiger charge is -2.24. The average Bonchev–Trinajstić information content (AvgIpc) is 2.75. The van der Waals surface area contributed by atoms with Gasteiger partial charge in [-0.25, -0.2) is 0 Å².